The summed E-state index contributed by atoms with van der Waals surface area (Å²) in [6.45, 7) is 7.14. The van der Waals surface area contributed by atoms with Crippen LogP contribution in [-0.4, -0.2) is 99.1 Å². The molecule has 41 heavy (non-hydrogen) atoms. The van der Waals surface area contributed by atoms with Crippen molar-refractivity contribution in [3.63, 3.8) is 0 Å². The summed E-state index contributed by atoms with van der Waals surface area (Å²) in [5, 5.41) is 13.1. The first-order chi connectivity index (χ1) is 19.7. The van der Waals surface area contributed by atoms with Crippen LogP contribution in [0.25, 0.3) is 0 Å². The van der Waals surface area contributed by atoms with Crippen LogP contribution in [0.2, 0.25) is 10.0 Å². The molecule has 4 rings (SSSR count). The Labute approximate surface area is 251 Å². The molecule has 2 N–H and O–H groups in total. The number of rotatable bonds is 15. The Hall–Kier alpha value is -2.24. The molecule has 224 valence electrons. The number of aliphatic hydroxyl groups excluding tert-OH is 1. The molecule has 9 nitrogen and oxygen atoms in total. The second kappa shape index (κ2) is 15.3. The SMILES string of the molecule is CC(O)CC(=O)NCCOCCOCCOCCN1Cc2ccc(C3CN(C)Cc4c(Cl)cc(Cl)cc43)cc2C1=O. The van der Waals surface area contributed by atoms with E-state index in [9.17, 15) is 9.59 Å². The Bertz CT molecular complexity index is 1210. The normalized spacial score (nSPS) is 17.4. The molecule has 2 aliphatic heterocycles. The van der Waals surface area contributed by atoms with Crippen LogP contribution in [0.3, 0.4) is 0 Å². The number of amides is 2. The molecule has 0 radical (unpaired) electrons. The van der Waals surface area contributed by atoms with E-state index in [-0.39, 0.29) is 24.2 Å². The Morgan fingerprint density at radius 2 is 1.76 bits per heavy atom. The van der Waals surface area contributed by atoms with Crippen molar-refractivity contribution in [3.05, 3.63) is 68.2 Å². The molecule has 0 bridgehead atoms. The van der Waals surface area contributed by atoms with Gasteiger partial charge in [0.1, 0.15) is 0 Å². The number of carbonyl (C=O) groups excluding carboxylic acids is 2. The summed E-state index contributed by atoms with van der Waals surface area (Å²) in [6.07, 6.45) is -0.565. The highest BCUT2D eigenvalue weighted by Crippen LogP contribution is 2.39. The highest BCUT2D eigenvalue weighted by atomic mass is 35.5. The zero-order valence-electron chi connectivity index (χ0n) is 23.7. The first-order valence-corrected chi connectivity index (χ1v) is 14.7. The number of nitrogens with zero attached hydrogens (tertiary/aromatic N) is 2. The van der Waals surface area contributed by atoms with Crippen LogP contribution in [0, 0.1) is 0 Å². The third-order valence-corrected chi connectivity index (χ3v) is 7.76. The number of fused-ring (bicyclic) bond motifs is 2. The van der Waals surface area contributed by atoms with Gasteiger partial charge in [0.2, 0.25) is 5.91 Å². The molecule has 0 saturated heterocycles. The van der Waals surface area contributed by atoms with Crippen molar-refractivity contribution in [3.8, 4) is 0 Å². The molecule has 2 heterocycles. The molecule has 2 atom stereocenters. The van der Waals surface area contributed by atoms with Gasteiger partial charge >= 0.3 is 0 Å². The summed E-state index contributed by atoms with van der Waals surface area (Å²) < 4.78 is 16.6. The predicted octanol–water partition coefficient (Wildman–Crippen LogP) is 3.46. The van der Waals surface area contributed by atoms with Gasteiger partial charge in [-0.1, -0.05) is 35.3 Å². The maximum atomic E-state index is 13.2. The van der Waals surface area contributed by atoms with E-state index in [1.807, 2.05) is 17.0 Å². The number of ether oxygens (including phenoxy) is 3. The number of hydrogen-bond acceptors (Lipinski definition) is 7. The van der Waals surface area contributed by atoms with Crippen LogP contribution in [0.1, 0.15) is 51.9 Å². The summed E-state index contributed by atoms with van der Waals surface area (Å²) in [5.74, 6) is -0.0895. The summed E-state index contributed by atoms with van der Waals surface area (Å²) in [5.41, 5.74) is 5.08. The molecule has 0 saturated carbocycles. The molecule has 0 aliphatic carbocycles. The van der Waals surface area contributed by atoms with Crippen LogP contribution in [0.5, 0.6) is 0 Å². The molecule has 2 aromatic rings. The molecule has 2 aromatic carbocycles. The van der Waals surface area contributed by atoms with Crippen LogP contribution in [-0.2, 0) is 32.1 Å². The van der Waals surface area contributed by atoms with Gasteiger partial charge in [-0.05, 0) is 54.4 Å². The van der Waals surface area contributed by atoms with Gasteiger partial charge in [0.05, 0.1) is 52.2 Å². The lowest BCUT2D eigenvalue weighted by Crippen LogP contribution is -2.31. The van der Waals surface area contributed by atoms with E-state index in [0.717, 1.165) is 40.9 Å². The number of carbonyl (C=O) groups is 2. The minimum absolute atomic E-state index is 0.0226. The lowest BCUT2D eigenvalue weighted by molar-refractivity contribution is -0.123. The number of likely N-dealkylation sites (N-methyl/N-ethyl adjacent to an activating group) is 1. The average Bonchev–Trinajstić information content (AvgIpc) is 3.23. The molecule has 0 spiro atoms. The quantitative estimate of drug-likeness (QED) is 0.299. The first-order valence-electron chi connectivity index (χ1n) is 14.0. The standard InChI is InChI=1S/C30H39Cl2N3O6/c1-20(36)13-29(37)33-5-7-39-9-11-41-12-10-40-8-6-35-17-22-4-3-21(14-24(22)30(35)38)26-18-34(2)19-27-25(26)15-23(31)16-28(27)32/h3-4,14-16,20,26,36H,5-13,17-19H2,1-2H3,(H,33,37). The summed E-state index contributed by atoms with van der Waals surface area (Å²) in [6, 6.07) is 9.99. The van der Waals surface area contributed by atoms with Gasteiger partial charge < -0.3 is 34.4 Å². The Balaban J connectivity index is 1.15. The number of benzene rings is 2. The zero-order valence-corrected chi connectivity index (χ0v) is 25.2. The smallest absolute Gasteiger partial charge is 0.254 e. The first kappa shape index (κ1) is 31.7. The van der Waals surface area contributed by atoms with Crippen molar-refractivity contribution >= 4 is 35.0 Å². The minimum atomic E-state index is -0.651. The fourth-order valence-electron chi connectivity index (χ4n) is 5.23. The zero-order chi connectivity index (χ0) is 29.4. The van der Waals surface area contributed by atoms with E-state index in [2.05, 4.69) is 29.4 Å². The Morgan fingerprint density at radius 3 is 2.49 bits per heavy atom. The Kier molecular flexibility index (Phi) is 11.8. The van der Waals surface area contributed by atoms with Crippen LogP contribution in [0.4, 0.5) is 0 Å². The van der Waals surface area contributed by atoms with Crippen molar-refractivity contribution < 1.29 is 28.9 Å². The van der Waals surface area contributed by atoms with Crippen molar-refractivity contribution in [2.75, 3.05) is 66.3 Å². The number of aliphatic hydroxyl groups is 1. The van der Waals surface area contributed by atoms with Crippen LogP contribution in [0.15, 0.2) is 30.3 Å². The van der Waals surface area contributed by atoms with E-state index in [0.29, 0.717) is 69.3 Å². The van der Waals surface area contributed by atoms with E-state index >= 15 is 0 Å². The summed E-state index contributed by atoms with van der Waals surface area (Å²) in [4.78, 5) is 28.7. The molecule has 0 aromatic heterocycles. The summed E-state index contributed by atoms with van der Waals surface area (Å²) in [7, 11) is 2.08. The number of nitrogens with one attached hydrogen (secondary N) is 1. The monoisotopic (exact) mass is 607 g/mol. The second-order valence-corrected chi connectivity index (χ2v) is 11.4. The molecular weight excluding hydrogens is 569 g/mol. The minimum Gasteiger partial charge on any atom is -0.393 e. The van der Waals surface area contributed by atoms with Crippen LogP contribution >= 0.6 is 23.2 Å². The van der Waals surface area contributed by atoms with E-state index in [4.69, 9.17) is 42.5 Å². The number of halogens is 2. The van der Waals surface area contributed by atoms with Gasteiger partial charge in [-0.25, -0.2) is 0 Å². The molecular formula is C30H39Cl2N3O6. The molecule has 2 amide bonds. The Morgan fingerprint density at radius 1 is 1.05 bits per heavy atom. The second-order valence-electron chi connectivity index (χ2n) is 10.6. The molecule has 2 unspecified atom stereocenters. The molecule has 0 fully saturated rings. The van der Waals surface area contributed by atoms with Gasteiger partial charge in [-0.2, -0.15) is 0 Å². The van der Waals surface area contributed by atoms with Crippen molar-refractivity contribution in [2.24, 2.45) is 0 Å². The van der Waals surface area contributed by atoms with E-state index < -0.39 is 6.10 Å². The lowest BCUT2D eigenvalue weighted by Gasteiger charge is -2.33. The van der Waals surface area contributed by atoms with E-state index in [1.54, 1.807) is 13.0 Å². The van der Waals surface area contributed by atoms with Crippen molar-refractivity contribution in [1.29, 1.82) is 0 Å². The highest BCUT2D eigenvalue weighted by Gasteiger charge is 2.31. The van der Waals surface area contributed by atoms with Gasteiger partial charge in [0.25, 0.3) is 5.91 Å². The fourth-order valence-corrected chi connectivity index (χ4v) is 5.80. The van der Waals surface area contributed by atoms with E-state index in [1.165, 1.54) is 0 Å². The molecule has 2 aliphatic rings. The van der Waals surface area contributed by atoms with Gasteiger partial charge in [-0.15, -0.1) is 0 Å². The van der Waals surface area contributed by atoms with Crippen LogP contribution < -0.4 is 5.32 Å². The average molecular weight is 609 g/mol. The molecule has 11 heteroatoms. The van der Waals surface area contributed by atoms with Crippen molar-refractivity contribution in [2.45, 2.75) is 38.5 Å². The summed E-state index contributed by atoms with van der Waals surface area (Å²) >= 11 is 12.9. The topological polar surface area (TPSA) is 101 Å². The number of hydrogen-bond donors (Lipinski definition) is 2. The van der Waals surface area contributed by atoms with Crippen molar-refractivity contribution in [1.82, 2.24) is 15.1 Å². The predicted molar refractivity (Wildman–Crippen MR) is 158 cm³/mol. The maximum absolute atomic E-state index is 13.2. The van der Waals surface area contributed by atoms with Gasteiger partial charge in [0, 0.05) is 54.3 Å². The third kappa shape index (κ3) is 8.88. The maximum Gasteiger partial charge on any atom is 0.254 e. The highest BCUT2D eigenvalue weighted by molar-refractivity contribution is 6.35. The van der Waals surface area contributed by atoms with Gasteiger partial charge in [0.15, 0.2) is 0 Å². The largest absolute Gasteiger partial charge is 0.393 e. The van der Waals surface area contributed by atoms with Gasteiger partial charge in [-0.3, -0.25) is 9.59 Å². The third-order valence-electron chi connectivity index (χ3n) is 7.21. The fraction of sp³-hybridized carbons (Fsp3) is 0.533. The lowest BCUT2D eigenvalue weighted by atomic mass is 9.84.